The lowest BCUT2D eigenvalue weighted by atomic mass is 10.0. The monoisotopic (exact) mass is 336 g/mol. The number of likely N-dealkylation sites (tertiary alicyclic amines) is 1. The molecule has 1 heterocycles. The van der Waals surface area contributed by atoms with Gasteiger partial charge in [0.1, 0.15) is 5.75 Å². The molecule has 0 unspecified atom stereocenters. The van der Waals surface area contributed by atoms with Crippen LogP contribution in [0.1, 0.15) is 38.5 Å². The fourth-order valence-corrected chi connectivity index (χ4v) is 3.70. The molecule has 126 valence electrons. The summed E-state index contributed by atoms with van der Waals surface area (Å²) in [5.74, 6) is 0.615. The summed E-state index contributed by atoms with van der Waals surface area (Å²) >= 11 is 6.04. The molecular weight excluding hydrogens is 312 g/mol. The predicted octanol–water partition coefficient (Wildman–Crippen LogP) is 3.24. The quantitative estimate of drug-likeness (QED) is 0.897. The van der Waals surface area contributed by atoms with E-state index >= 15 is 0 Å². The third-order valence-corrected chi connectivity index (χ3v) is 5.17. The molecule has 1 aliphatic heterocycles. The second-order valence-electron chi connectivity index (χ2n) is 6.52. The number of hydrogen-bond acceptors (Lipinski definition) is 3. The van der Waals surface area contributed by atoms with Crippen LogP contribution in [0.25, 0.3) is 0 Å². The molecule has 0 aromatic heterocycles. The molecule has 2 fully saturated rings. The van der Waals surface area contributed by atoms with Crippen molar-refractivity contribution in [2.75, 3.05) is 19.7 Å². The van der Waals surface area contributed by atoms with Gasteiger partial charge in [-0.05, 0) is 37.8 Å². The number of carbonyl (C=O) groups is 1. The molecular formula is C18H25ClN2O2. The Morgan fingerprint density at radius 3 is 2.48 bits per heavy atom. The van der Waals surface area contributed by atoms with Crippen molar-refractivity contribution >= 4 is 17.5 Å². The van der Waals surface area contributed by atoms with Crippen LogP contribution in [-0.4, -0.2) is 42.6 Å². The van der Waals surface area contributed by atoms with Gasteiger partial charge in [-0.1, -0.05) is 36.6 Å². The largest absolute Gasteiger partial charge is 0.482 e. The summed E-state index contributed by atoms with van der Waals surface area (Å²) in [5, 5.41) is 4.30. The summed E-state index contributed by atoms with van der Waals surface area (Å²) in [4.78, 5) is 14.2. The minimum atomic E-state index is 0.0456. The highest BCUT2D eigenvalue weighted by Crippen LogP contribution is 2.23. The number of benzene rings is 1. The van der Waals surface area contributed by atoms with E-state index in [1.807, 2.05) is 17.0 Å². The SMILES string of the molecule is O=C(COc1ccccc1Cl)N1CCC(NC2CCCC2)CC1. The van der Waals surface area contributed by atoms with Crippen LogP contribution in [-0.2, 0) is 4.79 Å². The van der Waals surface area contributed by atoms with Crippen molar-refractivity contribution in [3.8, 4) is 5.75 Å². The van der Waals surface area contributed by atoms with Crippen LogP contribution in [0.4, 0.5) is 0 Å². The highest BCUT2D eigenvalue weighted by molar-refractivity contribution is 6.32. The van der Waals surface area contributed by atoms with Gasteiger partial charge in [-0.2, -0.15) is 0 Å². The number of nitrogens with one attached hydrogen (secondary N) is 1. The average molecular weight is 337 g/mol. The van der Waals surface area contributed by atoms with E-state index in [-0.39, 0.29) is 12.5 Å². The third kappa shape index (κ3) is 4.61. The van der Waals surface area contributed by atoms with Gasteiger partial charge in [0.2, 0.25) is 0 Å². The maximum atomic E-state index is 12.3. The average Bonchev–Trinajstić information content (AvgIpc) is 3.07. The summed E-state index contributed by atoms with van der Waals surface area (Å²) in [6, 6.07) is 8.51. The first-order chi connectivity index (χ1) is 11.2. The Hall–Kier alpha value is -1.26. The van der Waals surface area contributed by atoms with Crippen LogP contribution in [0.2, 0.25) is 5.02 Å². The number of para-hydroxylation sites is 1. The van der Waals surface area contributed by atoms with Crippen LogP contribution >= 0.6 is 11.6 Å². The number of hydrogen-bond donors (Lipinski definition) is 1. The van der Waals surface area contributed by atoms with Gasteiger partial charge in [0.15, 0.2) is 6.61 Å². The summed E-state index contributed by atoms with van der Waals surface area (Å²) in [7, 11) is 0. The van der Waals surface area contributed by atoms with Crippen molar-refractivity contribution in [1.29, 1.82) is 0 Å². The molecule has 3 rings (SSSR count). The van der Waals surface area contributed by atoms with Gasteiger partial charge in [-0.3, -0.25) is 4.79 Å². The number of amides is 1. The zero-order chi connectivity index (χ0) is 16.1. The van der Waals surface area contributed by atoms with Gasteiger partial charge < -0.3 is 15.0 Å². The van der Waals surface area contributed by atoms with E-state index in [0.717, 1.165) is 25.9 Å². The standard InChI is InChI=1S/C18H25ClN2O2/c19-16-7-3-4-8-17(16)23-13-18(22)21-11-9-15(10-12-21)20-14-5-1-2-6-14/h3-4,7-8,14-15,20H,1-2,5-6,9-13H2. The van der Waals surface area contributed by atoms with Gasteiger partial charge in [-0.25, -0.2) is 0 Å². The van der Waals surface area contributed by atoms with Crippen molar-refractivity contribution in [2.24, 2.45) is 0 Å². The van der Waals surface area contributed by atoms with E-state index in [4.69, 9.17) is 16.3 Å². The first kappa shape index (κ1) is 16.6. The van der Waals surface area contributed by atoms with E-state index in [1.54, 1.807) is 12.1 Å². The van der Waals surface area contributed by atoms with Crippen molar-refractivity contribution in [2.45, 2.75) is 50.6 Å². The lowest BCUT2D eigenvalue weighted by Crippen LogP contribution is -2.48. The molecule has 5 heteroatoms. The van der Waals surface area contributed by atoms with Crippen LogP contribution in [0.5, 0.6) is 5.75 Å². The first-order valence-electron chi connectivity index (χ1n) is 8.63. The summed E-state index contributed by atoms with van der Waals surface area (Å²) < 4.78 is 5.55. The van der Waals surface area contributed by atoms with Gasteiger partial charge >= 0.3 is 0 Å². The number of piperidine rings is 1. The number of halogens is 1. The van der Waals surface area contributed by atoms with Crippen molar-refractivity contribution in [1.82, 2.24) is 10.2 Å². The second kappa shape index (κ2) is 8.02. The highest BCUT2D eigenvalue weighted by atomic mass is 35.5. The van der Waals surface area contributed by atoms with Crippen LogP contribution < -0.4 is 10.1 Å². The molecule has 23 heavy (non-hydrogen) atoms. The Balaban J connectivity index is 1.40. The molecule has 2 aliphatic rings. The van der Waals surface area contributed by atoms with E-state index in [0.29, 0.717) is 22.9 Å². The molecule has 1 saturated heterocycles. The fraction of sp³-hybridized carbons (Fsp3) is 0.611. The maximum Gasteiger partial charge on any atom is 0.260 e. The van der Waals surface area contributed by atoms with E-state index in [9.17, 15) is 4.79 Å². The van der Waals surface area contributed by atoms with Crippen LogP contribution in [0, 0.1) is 0 Å². The zero-order valence-corrected chi connectivity index (χ0v) is 14.2. The fourth-order valence-electron chi connectivity index (χ4n) is 3.51. The number of rotatable bonds is 5. The number of ether oxygens (including phenoxy) is 1. The van der Waals surface area contributed by atoms with Crippen molar-refractivity contribution < 1.29 is 9.53 Å². The molecule has 1 N–H and O–H groups in total. The zero-order valence-electron chi connectivity index (χ0n) is 13.5. The van der Waals surface area contributed by atoms with Gasteiger partial charge in [0.25, 0.3) is 5.91 Å². The molecule has 1 aromatic carbocycles. The highest BCUT2D eigenvalue weighted by Gasteiger charge is 2.25. The molecule has 0 spiro atoms. The van der Waals surface area contributed by atoms with Gasteiger partial charge in [0, 0.05) is 25.2 Å². The summed E-state index contributed by atoms with van der Waals surface area (Å²) in [6.45, 7) is 1.69. The molecule has 4 nitrogen and oxygen atoms in total. The van der Waals surface area contributed by atoms with Gasteiger partial charge in [0.05, 0.1) is 5.02 Å². The smallest absolute Gasteiger partial charge is 0.260 e. The van der Waals surface area contributed by atoms with Crippen molar-refractivity contribution in [3.63, 3.8) is 0 Å². The lowest BCUT2D eigenvalue weighted by molar-refractivity contribution is -0.134. The van der Waals surface area contributed by atoms with Crippen LogP contribution in [0.3, 0.4) is 0 Å². The van der Waals surface area contributed by atoms with E-state index in [2.05, 4.69) is 5.32 Å². The molecule has 0 radical (unpaired) electrons. The Kier molecular flexibility index (Phi) is 5.79. The van der Waals surface area contributed by atoms with Gasteiger partial charge in [-0.15, -0.1) is 0 Å². The van der Waals surface area contributed by atoms with Crippen LogP contribution in [0.15, 0.2) is 24.3 Å². The number of carbonyl (C=O) groups excluding carboxylic acids is 1. The molecule has 1 saturated carbocycles. The molecule has 1 aromatic rings. The summed E-state index contributed by atoms with van der Waals surface area (Å²) in [6.07, 6.45) is 7.40. The maximum absolute atomic E-state index is 12.3. The summed E-state index contributed by atoms with van der Waals surface area (Å²) in [5.41, 5.74) is 0. The molecule has 0 atom stereocenters. The van der Waals surface area contributed by atoms with Crippen molar-refractivity contribution in [3.05, 3.63) is 29.3 Å². The molecule has 1 amide bonds. The Morgan fingerprint density at radius 2 is 1.78 bits per heavy atom. The normalized spacial score (nSPS) is 20.0. The van der Waals surface area contributed by atoms with E-state index in [1.165, 1.54) is 25.7 Å². The predicted molar refractivity (Wildman–Crippen MR) is 91.9 cm³/mol. The first-order valence-corrected chi connectivity index (χ1v) is 9.01. The Labute approximate surface area is 143 Å². The van der Waals surface area contributed by atoms with E-state index < -0.39 is 0 Å². The third-order valence-electron chi connectivity index (χ3n) is 4.86. The Morgan fingerprint density at radius 1 is 1.13 bits per heavy atom. The minimum absolute atomic E-state index is 0.0456. The molecule has 1 aliphatic carbocycles. The minimum Gasteiger partial charge on any atom is -0.482 e. The lowest BCUT2D eigenvalue weighted by Gasteiger charge is -2.34. The molecule has 0 bridgehead atoms. The topological polar surface area (TPSA) is 41.6 Å². The Bertz CT molecular complexity index is 524. The number of nitrogens with zero attached hydrogens (tertiary/aromatic N) is 1. The second-order valence-corrected chi connectivity index (χ2v) is 6.93.